The van der Waals surface area contributed by atoms with E-state index in [1.54, 1.807) is 6.07 Å². The van der Waals surface area contributed by atoms with E-state index >= 15 is 0 Å². The molecule has 1 aliphatic rings. The topological polar surface area (TPSA) is 80.2 Å². The summed E-state index contributed by atoms with van der Waals surface area (Å²) < 4.78 is 25.3. The van der Waals surface area contributed by atoms with Crippen molar-refractivity contribution in [3.05, 3.63) is 101 Å². The Morgan fingerprint density at radius 1 is 1.08 bits per heavy atom. The van der Waals surface area contributed by atoms with Gasteiger partial charge < -0.3 is 19.9 Å². The zero-order valence-electron chi connectivity index (χ0n) is 20.3. The first-order valence-electron chi connectivity index (χ1n) is 12.2. The fourth-order valence-corrected chi connectivity index (χ4v) is 4.22. The Labute approximate surface area is 210 Å². The minimum absolute atomic E-state index is 0.0778. The van der Waals surface area contributed by atoms with Gasteiger partial charge in [0.15, 0.2) is 5.54 Å². The molecule has 0 fully saturated rings. The molecular weight excluding hydrogens is 459 g/mol. The zero-order chi connectivity index (χ0) is 25.4. The molecule has 2 atom stereocenters. The van der Waals surface area contributed by atoms with E-state index in [1.807, 2.05) is 67.6 Å². The number of ether oxygens (including phenoxy) is 2. The lowest BCUT2D eigenvalue weighted by molar-refractivity contribution is -0.128. The van der Waals surface area contributed by atoms with Gasteiger partial charge in [-0.3, -0.25) is 4.79 Å². The third-order valence-electron chi connectivity index (χ3n) is 6.23. The highest BCUT2D eigenvalue weighted by atomic mass is 19.1. The van der Waals surface area contributed by atoms with Gasteiger partial charge in [-0.05, 0) is 60.9 Å². The smallest absolute Gasteiger partial charge is 0.252 e. The summed E-state index contributed by atoms with van der Waals surface area (Å²) in [6.45, 7) is 2.73. The predicted molar refractivity (Wildman–Crippen MR) is 137 cm³/mol. The minimum atomic E-state index is -1.14. The molecule has 7 heteroatoms. The quantitative estimate of drug-likeness (QED) is 0.397. The van der Waals surface area contributed by atoms with Crippen LogP contribution in [0.15, 0.2) is 83.9 Å². The van der Waals surface area contributed by atoms with Crippen LogP contribution in [-0.4, -0.2) is 48.3 Å². The second kappa shape index (κ2) is 11.8. The molecule has 188 valence electrons. The van der Waals surface area contributed by atoms with E-state index in [-0.39, 0.29) is 18.3 Å². The molecule has 3 aromatic carbocycles. The van der Waals surface area contributed by atoms with Gasteiger partial charge in [0, 0.05) is 31.6 Å². The highest BCUT2D eigenvalue weighted by molar-refractivity contribution is 6.00. The highest BCUT2D eigenvalue weighted by Crippen LogP contribution is 2.33. The molecule has 0 saturated heterocycles. The molecule has 6 nitrogen and oxygen atoms in total. The maximum absolute atomic E-state index is 13.6. The summed E-state index contributed by atoms with van der Waals surface area (Å²) in [6, 6.07) is 23.5. The molecular formula is C29H31FN2O4. The van der Waals surface area contributed by atoms with Crippen LogP contribution in [-0.2, 0) is 22.4 Å². The molecule has 1 heterocycles. The number of aliphatic hydroxyl groups excluding tert-OH is 1. The van der Waals surface area contributed by atoms with Crippen LogP contribution < -0.4 is 10.1 Å². The molecule has 1 amide bonds. The van der Waals surface area contributed by atoms with Crippen LogP contribution in [0.1, 0.15) is 30.0 Å². The molecule has 0 radical (unpaired) electrons. The molecule has 0 unspecified atom stereocenters. The molecule has 0 aromatic heterocycles. The Morgan fingerprint density at radius 3 is 2.56 bits per heavy atom. The van der Waals surface area contributed by atoms with Gasteiger partial charge in [-0.25, -0.2) is 9.38 Å². The fourth-order valence-electron chi connectivity index (χ4n) is 4.22. The van der Waals surface area contributed by atoms with Gasteiger partial charge in [-0.2, -0.15) is 0 Å². The SMILES string of the molecule is C[C@H]1OC(c2ccc(OCCCO)cc2)=N[C@@]1(Cc1ccccc1)C(=O)NCCc1cccc(F)c1. The van der Waals surface area contributed by atoms with E-state index in [0.717, 1.165) is 16.7 Å². The van der Waals surface area contributed by atoms with Crippen LogP contribution in [0.25, 0.3) is 0 Å². The lowest BCUT2D eigenvalue weighted by Gasteiger charge is -2.28. The molecule has 2 N–H and O–H groups in total. The molecule has 0 spiro atoms. The van der Waals surface area contributed by atoms with Gasteiger partial charge in [-0.15, -0.1) is 0 Å². The third kappa shape index (κ3) is 6.10. The number of hydrogen-bond acceptors (Lipinski definition) is 5. The van der Waals surface area contributed by atoms with Crippen molar-refractivity contribution in [2.45, 2.75) is 37.8 Å². The van der Waals surface area contributed by atoms with E-state index in [4.69, 9.17) is 19.6 Å². The summed E-state index contributed by atoms with van der Waals surface area (Å²) in [7, 11) is 0. The first kappa shape index (κ1) is 25.4. The molecule has 0 aliphatic carbocycles. The van der Waals surface area contributed by atoms with Crippen LogP contribution in [0.4, 0.5) is 4.39 Å². The molecule has 0 saturated carbocycles. The van der Waals surface area contributed by atoms with Gasteiger partial charge in [0.25, 0.3) is 5.91 Å². The number of aliphatic hydroxyl groups is 1. The largest absolute Gasteiger partial charge is 0.494 e. The van der Waals surface area contributed by atoms with Crippen molar-refractivity contribution in [3.63, 3.8) is 0 Å². The second-order valence-corrected chi connectivity index (χ2v) is 8.85. The summed E-state index contributed by atoms with van der Waals surface area (Å²) in [5, 5.41) is 11.9. The van der Waals surface area contributed by atoms with Crippen LogP contribution >= 0.6 is 0 Å². The van der Waals surface area contributed by atoms with Crippen molar-refractivity contribution < 1.29 is 23.8 Å². The first-order valence-corrected chi connectivity index (χ1v) is 12.2. The van der Waals surface area contributed by atoms with Crippen LogP contribution in [0, 0.1) is 5.82 Å². The predicted octanol–water partition coefficient (Wildman–Crippen LogP) is 4.09. The summed E-state index contributed by atoms with van der Waals surface area (Å²) in [6.07, 6.45) is 0.953. The number of nitrogens with zero attached hydrogens (tertiary/aromatic N) is 1. The first-order chi connectivity index (χ1) is 17.5. The number of carbonyl (C=O) groups is 1. The van der Waals surface area contributed by atoms with E-state index < -0.39 is 11.6 Å². The molecule has 0 bridgehead atoms. The van der Waals surface area contributed by atoms with E-state index in [1.165, 1.54) is 12.1 Å². The maximum atomic E-state index is 13.6. The van der Waals surface area contributed by atoms with Crippen LogP contribution in [0.5, 0.6) is 5.75 Å². The minimum Gasteiger partial charge on any atom is -0.494 e. The van der Waals surface area contributed by atoms with Crippen molar-refractivity contribution >= 4 is 11.8 Å². The molecule has 3 aromatic rings. The average Bonchev–Trinajstić information content (AvgIpc) is 3.22. The van der Waals surface area contributed by atoms with Gasteiger partial charge in [0.1, 0.15) is 17.7 Å². The standard InChI is InChI=1S/C29H31FN2O4/c1-21-29(20-23-7-3-2-4-8-23,28(34)31-16-15-22-9-5-10-25(30)19-22)32-27(36-21)24-11-13-26(14-12-24)35-18-6-17-33/h2-5,7-14,19,21,33H,6,15-18,20H2,1H3,(H,31,34)/t21-,29-/m1/s1. The number of nitrogens with one attached hydrogen (secondary N) is 1. The monoisotopic (exact) mass is 490 g/mol. The fraction of sp³-hybridized carbons (Fsp3) is 0.310. The summed E-state index contributed by atoms with van der Waals surface area (Å²) in [4.78, 5) is 18.5. The number of halogens is 1. The van der Waals surface area contributed by atoms with Gasteiger partial charge >= 0.3 is 0 Å². The summed E-state index contributed by atoms with van der Waals surface area (Å²) in [5.74, 6) is 0.565. The summed E-state index contributed by atoms with van der Waals surface area (Å²) >= 11 is 0. The lowest BCUT2D eigenvalue weighted by Crippen LogP contribution is -2.52. The normalized spacial score (nSPS) is 18.9. The van der Waals surface area contributed by atoms with Gasteiger partial charge in [0.05, 0.1) is 6.61 Å². The zero-order valence-corrected chi connectivity index (χ0v) is 20.3. The number of amides is 1. The van der Waals surface area contributed by atoms with E-state index in [2.05, 4.69) is 5.32 Å². The molecule has 1 aliphatic heterocycles. The van der Waals surface area contributed by atoms with Gasteiger partial charge in [-0.1, -0.05) is 42.5 Å². The molecule has 4 rings (SSSR count). The number of carbonyl (C=O) groups excluding carboxylic acids is 1. The Kier molecular flexibility index (Phi) is 8.33. The Bertz CT molecular complexity index is 1180. The Hall–Kier alpha value is -3.71. The van der Waals surface area contributed by atoms with Crippen molar-refractivity contribution in [2.24, 2.45) is 4.99 Å². The van der Waals surface area contributed by atoms with Gasteiger partial charge in [0.2, 0.25) is 5.90 Å². The number of hydrogen-bond donors (Lipinski definition) is 2. The van der Waals surface area contributed by atoms with Crippen molar-refractivity contribution in [3.8, 4) is 5.75 Å². The lowest BCUT2D eigenvalue weighted by atomic mass is 9.86. The summed E-state index contributed by atoms with van der Waals surface area (Å²) in [5.41, 5.74) is 1.40. The number of rotatable bonds is 11. The maximum Gasteiger partial charge on any atom is 0.252 e. The molecule has 36 heavy (non-hydrogen) atoms. The number of aliphatic imine (C=N–C) groups is 1. The van der Waals surface area contributed by atoms with Crippen molar-refractivity contribution in [2.75, 3.05) is 19.8 Å². The van der Waals surface area contributed by atoms with E-state index in [9.17, 15) is 9.18 Å². The average molecular weight is 491 g/mol. The van der Waals surface area contributed by atoms with E-state index in [0.29, 0.717) is 44.1 Å². The second-order valence-electron chi connectivity index (χ2n) is 8.85. The van der Waals surface area contributed by atoms with Crippen molar-refractivity contribution in [1.29, 1.82) is 0 Å². The third-order valence-corrected chi connectivity index (χ3v) is 6.23. The highest BCUT2D eigenvalue weighted by Gasteiger charge is 2.50. The van der Waals surface area contributed by atoms with Crippen molar-refractivity contribution in [1.82, 2.24) is 5.32 Å². The van der Waals surface area contributed by atoms with Crippen LogP contribution in [0.2, 0.25) is 0 Å². The van der Waals surface area contributed by atoms with Crippen LogP contribution in [0.3, 0.4) is 0 Å². The Balaban J connectivity index is 1.54. The number of benzene rings is 3. The Morgan fingerprint density at radius 2 is 1.83 bits per heavy atom.